The molecule has 2 N–H and O–H groups in total. The van der Waals surface area contributed by atoms with E-state index < -0.39 is 0 Å². The molecule has 5 nitrogen and oxygen atoms in total. The summed E-state index contributed by atoms with van der Waals surface area (Å²) in [5.41, 5.74) is 0.359. The molecule has 0 unspecified atom stereocenters. The largest absolute Gasteiger partial charge is 0.357 e. The van der Waals surface area contributed by atoms with Crippen LogP contribution in [0.25, 0.3) is 0 Å². The van der Waals surface area contributed by atoms with E-state index in [4.69, 9.17) is 0 Å². The number of halogens is 1. The zero-order valence-electron chi connectivity index (χ0n) is 15.9. The standard InChI is InChI=1S/C17H36N4O.HI/c1-7-18-16(19-13-10-12-17(4,5)6)20-14-11-15(22)21(8-2)9-3;/h7-14H2,1-6H3,(H2,18,19,20);1H. The molecule has 0 saturated heterocycles. The average Bonchev–Trinajstić information content (AvgIpc) is 2.43. The number of carbonyl (C=O) groups excluding carboxylic acids is 1. The van der Waals surface area contributed by atoms with Crippen LogP contribution in [0.4, 0.5) is 0 Å². The molecule has 0 bridgehead atoms. The van der Waals surface area contributed by atoms with Gasteiger partial charge in [-0.05, 0) is 39.0 Å². The number of hydrogen-bond donors (Lipinski definition) is 2. The third-order valence-corrected chi connectivity index (χ3v) is 3.45. The molecule has 0 spiro atoms. The summed E-state index contributed by atoms with van der Waals surface area (Å²) in [6, 6.07) is 0. The number of carbonyl (C=O) groups is 1. The number of nitrogens with zero attached hydrogens (tertiary/aromatic N) is 2. The van der Waals surface area contributed by atoms with Crippen LogP contribution >= 0.6 is 24.0 Å². The molecule has 0 aromatic carbocycles. The van der Waals surface area contributed by atoms with Gasteiger partial charge in [0.15, 0.2) is 5.96 Å². The first-order valence-electron chi connectivity index (χ1n) is 8.64. The highest BCUT2D eigenvalue weighted by Crippen LogP contribution is 2.20. The molecule has 0 aliphatic heterocycles. The van der Waals surface area contributed by atoms with Gasteiger partial charge in [0.25, 0.3) is 0 Å². The second-order valence-corrected chi connectivity index (χ2v) is 6.67. The van der Waals surface area contributed by atoms with Crippen LogP contribution in [0.1, 0.15) is 60.8 Å². The Morgan fingerprint density at radius 3 is 2.17 bits per heavy atom. The molecule has 0 aliphatic carbocycles. The van der Waals surface area contributed by atoms with E-state index in [0.717, 1.165) is 45.0 Å². The van der Waals surface area contributed by atoms with Crippen molar-refractivity contribution in [2.24, 2.45) is 10.4 Å². The minimum Gasteiger partial charge on any atom is -0.357 e. The van der Waals surface area contributed by atoms with Crippen molar-refractivity contribution in [3.05, 3.63) is 0 Å². The molecule has 0 radical (unpaired) electrons. The van der Waals surface area contributed by atoms with E-state index >= 15 is 0 Å². The highest BCUT2D eigenvalue weighted by atomic mass is 127. The highest BCUT2D eigenvalue weighted by molar-refractivity contribution is 14.0. The molecule has 0 aromatic heterocycles. The Bertz CT molecular complexity index is 336. The van der Waals surface area contributed by atoms with E-state index in [-0.39, 0.29) is 29.9 Å². The summed E-state index contributed by atoms with van der Waals surface area (Å²) in [5.74, 6) is 1.00. The van der Waals surface area contributed by atoms with Crippen LogP contribution in [-0.2, 0) is 4.79 Å². The van der Waals surface area contributed by atoms with Crippen LogP contribution in [-0.4, -0.2) is 49.5 Å². The van der Waals surface area contributed by atoms with Gasteiger partial charge in [-0.15, -0.1) is 24.0 Å². The Hall–Kier alpha value is -0.530. The normalized spacial score (nSPS) is 11.7. The van der Waals surface area contributed by atoms with E-state index in [1.165, 1.54) is 0 Å². The fraction of sp³-hybridized carbons (Fsp3) is 0.882. The van der Waals surface area contributed by atoms with Crippen molar-refractivity contribution < 1.29 is 4.79 Å². The smallest absolute Gasteiger partial charge is 0.224 e. The second kappa shape index (κ2) is 13.9. The van der Waals surface area contributed by atoms with Crippen LogP contribution in [0.5, 0.6) is 0 Å². The molecule has 138 valence electrons. The summed E-state index contributed by atoms with van der Waals surface area (Å²) < 4.78 is 0. The van der Waals surface area contributed by atoms with Crippen LogP contribution in [0.3, 0.4) is 0 Å². The predicted octanol–water partition coefficient (Wildman–Crippen LogP) is 3.24. The Morgan fingerprint density at radius 1 is 1.09 bits per heavy atom. The minimum absolute atomic E-state index is 0. The first-order valence-corrected chi connectivity index (χ1v) is 8.64. The third kappa shape index (κ3) is 13.6. The Kier molecular flexibility index (Phi) is 14.9. The molecule has 0 aromatic rings. The fourth-order valence-electron chi connectivity index (χ4n) is 2.16. The molecular formula is C17H37IN4O. The van der Waals surface area contributed by atoms with Crippen molar-refractivity contribution in [3.63, 3.8) is 0 Å². The van der Waals surface area contributed by atoms with Crippen LogP contribution < -0.4 is 10.6 Å². The number of guanidine groups is 1. The molecular weight excluding hydrogens is 403 g/mol. The van der Waals surface area contributed by atoms with Gasteiger partial charge in [0.2, 0.25) is 5.91 Å². The van der Waals surface area contributed by atoms with Crippen molar-refractivity contribution in [1.82, 2.24) is 15.5 Å². The van der Waals surface area contributed by atoms with Crippen LogP contribution in [0, 0.1) is 5.41 Å². The lowest BCUT2D eigenvalue weighted by atomic mass is 9.91. The summed E-state index contributed by atoms with van der Waals surface area (Å²) in [4.78, 5) is 18.4. The number of rotatable bonds is 9. The van der Waals surface area contributed by atoms with Crippen molar-refractivity contribution >= 4 is 35.8 Å². The lowest BCUT2D eigenvalue weighted by Crippen LogP contribution is -2.40. The van der Waals surface area contributed by atoms with E-state index in [9.17, 15) is 4.79 Å². The topological polar surface area (TPSA) is 56.7 Å². The molecule has 0 aliphatic rings. The number of nitrogens with one attached hydrogen (secondary N) is 2. The zero-order valence-corrected chi connectivity index (χ0v) is 18.2. The first kappa shape index (κ1) is 24.7. The van der Waals surface area contributed by atoms with Gasteiger partial charge in [-0.3, -0.25) is 9.79 Å². The van der Waals surface area contributed by atoms with Gasteiger partial charge < -0.3 is 15.5 Å². The summed E-state index contributed by atoms with van der Waals surface area (Å²) in [5, 5.41) is 6.47. The SMILES string of the molecule is CCNC(=NCCCC(C)(C)C)NCCC(=O)N(CC)CC.I. The van der Waals surface area contributed by atoms with Crippen molar-refractivity contribution in [2.45, 2.75) is 60.8 Å². The van der Waals surface area contributed by atoms with Gasteiger partial charge in [0, 0.05) is 39.1 Å². The summed E-state index contributed by atoms with van der Waals surface area (Å²) >= 11 is 0. The molecule has 6 heteroatoms. The van der Waals surface area contributed by atoms with Crippen LogP contribution in [0.2, 0.25) is 0 Å². The molecule has 1 amide bonds. The number of aliphatic imine (C=N–C) groups is 1. The van der Waals surface area contributed by atoms with E-state index in [1.807, 2.05) is 25.7 Å². The summed E-state index contributed by atoms with van der Waals surface area (Å²) in [7, 11) is 0. The molecule has 0 fully saturated rings. The second-order valence-electron chi connectivity index (χ2n) is 6.67. The molecule has 0 saturated carbocycles. The highest BCUT2D eigenvalue weighted by Gasteiger charge is 2.10. The van der Waals surface area contributed by atoms with Gasteiger partial charge in [-0.25, -0.2) is 0 Å². The lowest BCUT2D eigenvalue weighted by Gasteiger charge is -2.19. The lowest BCUT2D eigenvalue weighted by molar-refractivity contribution is -0.130. The van der Waals surface area contributed by atoms with Gasteiger partial charge in [0.05, 0.1) is 0 Å². The van der Waals surface area contributed by atoms with Gasteiger partial charge >= 0.3 is 0 Å². The zero-order chi connectivity index (χ0) is 17.0. The maximum Gasteiger partial charge on any atom is 0.224 e. The molecule has 0 rings (SSSR count). The molecule has 0 heterocycles. The predicted molar refractivity (Wildman–Crippen MR) is 111 cm³/mol. The van der Waals surface area contributed by atoms with E-state index in [1.54, 1.807) is 0 Å². The average molecular weight is 440 g/mol. The number of amides is 1. The Labute approximate surface area is 160 Å². The van der Waals surface area contributed by atoms with Gasteiger partial charge in [0.1, 0.15) is 0 Å². The first-order chi connectivity index (χ1) is 10.3. The third-order valence-electron chi connectivity index (χ3n) is 3.45. The van der Waals surface area contributed by atoms with Gasteiger partial charge in [-0.1, -0.05) is 20.8 Å². The maximum atomic E-state index is 11.9. The van der Waals surface area contributed by atoms with E-state index in [2.05, 4.69) is 36.4 Å². The summed E-state index contributed by atoms with van der Waals surface area (Å²) in [6.45, 7) is 16.6. The van der Waals surface area contributed by atoms with Crippen molar-refractivity contribution in [1.29, 1.82) is 0 Å². The number of hydrogen-bond acceptors (Lipinski definition) is 2. The van der Waals surface area contributed by atoms with Crippen molar-refractivity contribution in [3.8, 4) is 0 Å². The summed E-state index contributed by atoms with van der Waals surface area (Å²) in [6.07, 6.45) is 2.75. The monoisotopic (exact) mass is 440 g/mol. The van der Waals surface area contributed by atoms with Crippen LogP contribution in [0.15, 0.2) is 4.99 Å². The van der Waals surface area contributed by atoms with E-state index in [0.29, 0.717) is 18.4 Å². The van der Waals surface area contributed by atoms with Gasteiger partial charge in [-0.2, -0.15) is 0 Å². The minimum atomic E-state index is 0. The quantitative estimate of drug-likeness (QED) is 0.251. The fourth-order valence-corrected chi connectivity index (χ4v) is 2.16. The molecule has 0 atom stereocenters. The van der Waals surface area contributed by atoms with Crippen molar-refractivity contribution in [2.75, 3.05) is 32.7 Å². The maximum absolute atomic E-state index is 11.9. The molecule has 23 heavy (non-hydrogen) atoms. The Balaban J connectivity index is 0. The Morgan fingerprint density at radius 2 is 1.70 bits per heavy atom.